The van der Waals surface area contributed by atoms with Crippen LogP contribution in [0.2, 0.25) is 0 Å². The van der Waals surface area contributed by atoms with E-state index in [1.54, 1.807) is 37.3 Å². The maximum absolute atomic E-state index is 13.4. The van der Waals surface area contributed by atoms with Crippen LogP contribution in [0.15, 0.2) is 54.6 Å². The standard InChI is InChI=1S/C22H30N4O4S/c1-17-11-9-10-12-19(17)15-25(18(2)22(28)23-3)21(27)16-26(31(29,30)24(4)5)20-13-7-6-8-14-20/h6-14,18H,15-16H2,1-5H3,(H,23,28)/t18-/m0/s1. The van der Waals surface area contributed by atoms with Crippen LogP contribution in [0, 0.1) is 6.92 Å². The number of hydrogen-bond donors (Lipinski definition) is 1. The smallest absolute Gasteiger partial charge is 0.304 e. The molecule has 0 saturated heterocycles. The Kier molecular flexibility index (Phi) is 8.18. The number of rotatable bonds is 9. The summed E-state index contributed by atoms with van der Waals surface area (Å²) in [7, 11) is 0.389. The first-order valence-electron chi connectivity index (χ1n) is 9.90. The van der Waals surface area contributed by atoms with Gasteiger partial charge in [-0.1, -0.05) is 42.5 Å². The summed E-state index contributed by atoms with van der Waals surface area (Å²) in [6.45, 7) is 3.31. The van der Waals surface area contributed by atoms with Crippen LogP contribution in [0.1, 0.15) is 18.1 Å². The van der Waals surface area contributed by atoms with Crippen LogP contribution in [-0.2, 0) is 26.3 Å². The summed E-state index contributed by atoms with van der Waals surface area (Å²) in [5, 5.41) is 2.56. The molecule has 2 aromatic rings. The van der Waals surface area contributed by atoms with Gasteiger partial charge in [0.15, 0.2) is 0 Å². The van der Waals surface area contributed by atoms with E-state index in [1.165, 1.54) is 26.0 Å². The predicted octanol–water partition coefficient (Wildman–Crippen LogP) is 1.77. The molecule has 0 spiro atoms. The third-order valence-corrected chi connectivity index (χ3v) is 6.90. The van der Waals surface area contributed by atoms with Gasteiger partial charge in [0.25, 0.3) is 0 Å². The Morgan fingerprint density at radius 2 is 1.58 bits per heavy atom. The van der Waals surface area contributed by atoms with Crippen LogP contribution in [-0.4, -0.2) is 63.2 Å². The van der Waals surface area contributed by atoms with Crippen LogP contribution in [0.25, 0.3) is 0 Å². The third-order valence-electron chi connectivity index (χ3n) is 5.08. The molecule has 0 aliphatic heterocycles. The fraction of sp³-hybridized carbons (Fsp3) is 0.364. The minimum Gasteiger partial charge on any atom is -0.357 e. The van der Waals surface area contributed by atoms with Gasteiger partial charge in [0, 0.05) is 27.7 Å². The minimum atomic E-state index is -3.93. The quantitative estimate of drug-likeness (QED) is 0.636. The molecule has 2 aromatic carbocycles. The van der Waals surface area contributed by atoms with Gasteiger partial charge in [0.05, 0.1) is 5.69 Å². The Hall–Kier alpha value is -2.91. The first-order chi connectivity index (χ1) is 14.6. The fourth-order valence-corrected chi connectivity index (χ4v) is 4.13. The van der Waals surface area contributed by atoms with Crippen molar-refractivity contribution >= 4 is 27.7 Å². The molecule has 0 saturated carbocycles. The number of likely N-dealkylation sites (N-methyl/N-ethyl adjacent to an activating group) is 1. The highest BCUT2D eigenvalue weighted by Gasteiger charge is 2.32. The number of aryl methyl sites for hydroxylation is 1. The van der Waals surface area contributed by atoms with Crippen molar-refractivity contribution in [2.75, 3.05) is 32.0 Å². The molecule has 0 aliphatic carbocycles. The van der Waals surface area contributed by atoms with E-state index in [2.05, 4.69) is 5.32 Å². The molecule has 1 atom stereocenters. The Labute approximate surface area is 184 Å². The average molecular weight is 447 g/mol. The topological polar surface area (TPSA) is 90.0 Å². The van der Waals surface area contributed by atoms with E-state index in [4.69, 9.17) is 0 Å². The van der Waals surface area contributed by atoms with E-state index < -0.39 is 28.7 Å². The second-order valence-corrected chi connectivity index (χ2v) is 9.44. The highest BCUT2D eigenvalue weighted by Crippen LogP contribution is 2.21. The number of amides is 2. The maximum atomic E-state index is 13.4. The van der Waals surface area contributed by atoms with E-state index in [-0.39, 0.29) is 12.5 Å². The number of anilines is 1. The number of nitrogens with zero attached hydrogens (tertiary/aromatic N) is 3. The summed E-state index contributed by atoms with van der Waals surface area (Å²) in [6, 6.07) is 15.2. The van der Waals surface area contributed by atoms with E-state index in [0.29, 0.717) is 5.69 Å². The highest BCUT2D eigenvalue weighted by molar-refractivity contribution is 7.90. The Balaban J connectivity index is 2.43. The van der Waals surface area contributed by atoms with Crippen molar-refractivity contribution in [2.45, 2.75) is 26.4 Å². The average Bonchev–Trinajstić information content (AvgIpc) is 2.76. The van der Waals surface area contributed by atoms with Crippen molar-refractivity contribution in [3.63, 3.8) is 0 Å². The number of carbonyl (C=O) groups excluding carboxylic acids is 2. The molecule has 0 aromatic heterocycles. The number of carbonyl (C=O) groups is 2. The molecular weight excluding hydrogens is 416 g/mol. The molecule has 2 rings (SSSR count). The van der Waals surface area contributed by atoms with Crippen molar-refractivity contribution in [1.82, 2.24) is 14.5 Å². The summed E-state index contributed by atoms with van der Waals surface area (Å²) in [5.74, 6) is -0.808. The lowest BCUT2D eigenvalue weighted by Crippen LogP contribution is -2.52. The lowest BCUT2D eigenvalue weighted by Gasteiger charge is -2.32. The lowest BCUT2D eigenvalue weighted by atomic mass is 10.1. The molecule has 0 heterocycles. The fourth-order valence-electron chi connectivity index (χ4n) is 3.07. The Bertz CT molecular complexity index is 1010. The summed E-state index contributed by atoms with van der Waals surface area (Å²) < 4.78 is 28.0. The van der Waals surface area contributed by atoms with E-state index in [9.17, 15) is 18.0 Å². The maximum Gasteiger partial charge on any atom is 0.304 e. The molecule has 0 aliphatic rings. The summed E-state index contributed by atoms with van der Waals surface area (Å²) >= 11 is 0. The summed E-state index contributed by atoms with van der Waals surface area (Å²) in [6.07, 6.45) is 0. The summed E-state index contributed by atoms with van der Waals surface area (Å²) in [4.78, 5) is 27.1. The highest BCUT2D eigenvalue weighted by atomic mass is 32.2. The van der Waals surface area contributed by atoms with Gasteiger partial charge in [-0.2, -0.15) is 12.7 Å². The predicted molar refractivity (Wildman–Crippen MR) is 122 cm³/mol. The van der Waals surface area contributed by atoms with Gasteiger partial charge >= 0.3 is 10.2 Å². The number of hydrogen-bond acceptors (Lipinski definition) is 4. The second kappa shape index (κ2) is 10.4. The minimum absolute atomic E-state index is 0.185. The zero-order valence-corrected chi connectivity index (χ0v) is 19.4. The van der Waals surface area contributed by atoms with Crippen molar-refractivity contribution in [1.29, 1.82) is 0 Å². The van der Waals surface area contributed by atoms with Crippen LogP contribution < -0.4 is 9.62 Å². The van der Waals surface area contributed by atoms with Crippen LogP contribution >= 0.6 is 0 Å². The van der Waals surface area contributed by atoms with Gasteiger partial charge in [0.1, 0.15) is 12.6 Å². The first kappa shape index (κ1) is 24.4. The SMILES string of the molecule is CNC(=O)[C@H](C)N(Cc1ccccc1C)C(=O)CN(c1ccccc1)S(=O)(=O)N(C)C. The van der Waals surface area contributed by atoms with Gasteiger partial charge in [-0.05, 0) is 37.1 Å². The van der Waals surface area contributed by atoms with Gasteiger partial charge in [-0.25, -0.2) is 4.31 Å². The number of para-hydroxylation sites is 1. The van der Waals surface area contributed by atoms with Crippen molar-refractivity contribution in [2.24, 2.45) is 0 Å². The van der Waals surface area contributed by atoms with E-state index in [1.807, 2.05) is 31.2 Å². The molecule has 0 unspecified atom stereocenters. The van der Waals surface area contributed by atoms with Gasteiger partial charge in [-0.3, -0.25) is 9.59 Å². The molecule has 0 radical (unpaired) electrons. The van der Waals surface area contributed by atoms with Gasteiger partial charge in [0.2, 0.25) is 11.8 Å². The zero-order valence-electron chi connectivity index (χ0n) is 18.6. The van der Waals surface area contributed by atoms with Crippen molar-refractivity contribution in [3.05, 3.63) is 65.7 Å². The van der Waals surface area contributed by atoms with Crippen molar-refractivity contribution < 1.29 is 18.0 Å². The monoisotopic (exact) mass is 446 g/mol. The molecular formula is C22H30N4O4S. The normalized spacial score (nSPS) is 12.3. The zero-order chi connectivity index (χ0) is 23.2. The molecule has 168 valence electrons. The van der Waals surface area contributed by atoms with Crippen molar-refractivity contribution in [3.8, 4) is 0 Å². The number of benzene rings is 2. The van der Waals surface area contributed by atoms with E-state index in [0.717, 1.165) is 19.7 Å². The largest absolute Gasteiger partial charge is 0.357 e. The van der Waals surface area contributed by atoms with Crippen LogP contribution in [0.3, 0.4) is 0 Å². The Morgan fingerprint density at radius 1 is 1.00 bits per heavy atom. The second-order valence-electron chi connectivity index (χ2n) is 7.37. The molecule has 8 nitrogen and oxygen atoms in total. The lowest BCUT2D eigenvalue weighted by molar-refractivity contribution is -0.139. The molecule has 2 amide bonds. The van der Waals surface area contributed by atoms with Gasteiger partial charge < -0.3 is 10.2 Å². The molecule has 31 heavy (non-hydrogen) atoms. The van der Waals surface area contributed by atoms with Crippen LogP contribution in [0.5, 0.6) is 0 Å². The number of nitrogens with one attached hydrogen (secondary N) is 1. The molecule has 9 heteroatoms. The Morgan fingerprint density at radius 3 is 2.13 bits per heavy atom. The van der Waals surface area contributed by atoms with E-state index >= 15 is 0 Å². The van der Waals surface area contributed by atoms with Crippen LogP contribution in [0.4, 0.5) is 5.69 Å². The molecule has 1 N–H and O–H groups in total. The molecule has 0 bridgehead atoms. The first-order valence-corrected chi connectivity index (χ1v) is 11.3. The van der Waals surface area contributed by atoms with Gasteiger partial charge in [-0.15, -0.1) is 0 Å². The third kappa shape index (κ3) is 5.83. The molecule has 0 fully saturated rings. The summed E-state index contributed by atoms with van der Waals surface area (Å²) in [5.41, 5.74) is 2.23.